The van der Waals surface area contributed by atoms with Crippen LogP contribution in [0.4, 0.5) is 11.5 Å². The lowest BCUT2D eigenvalue weighted by atomic mass is 10.2. The molecule has 2 rings (SSSR count). The van der Waals surface area contributed by atoms with Gasteiger partial charge in [0, 0.05) is 12.1 Å². The SMILES string of the molecule is COC(=O)c1ncn(-c2cc([N+](=O)[O-])ccc2OC)c1N. The predicted octanol–water partition coefficient (Wildman–Crippen LogP) is 1.16. The van der Waals surface area contributed by atoms with Crippen molar-refractivity contribution in [3.05, 3.63) is 40.3 Å². The van der Waals surface area contributed by atoms with E-state index in [0.717, 1.165) is 0 Å². The van der Waals surface area contributed by atoms with Crippen LogP contribution in [-0.4, -0.2) is 34.7 Å². The fourth-order valence-electron chi connectivity index (χ4n) is 1.78. The fourth-order valence-corrected chi connectivity index (χ4v) is 1.78. The second-order valence-electron chi connectivity index (χ2n) is 3.95. The number of esters is 1. The van der Waals surface area contributed by atoms with Crippen LogP contribution in [0.3, 0.4) is 0 Å². The molecular weight excluding hydrogens is 280 g/mol. The highest BCUT2D eigenvalue weighted by molar-refractivity contribution is 5.92. The number of nitro groups is 1. The van der Waals surface area contributed by atoms with Gasteiger partial charge in [-0.2, -0.15) is 0 Å². The molecule has 0 bridgehead atoms. The van der Waals surface area contributed by atoms with Gasteiger partial charge in [0.1, 0.15) is 17.9 Å². The van der Waals surface area contributed by atoms with Crippen molar-refractivity contribution in [2.24, 2.45) is 0 Å². The zero-order valence-corrected chi connectivity index (χ0v) is 11.3. The fraction of sp³-hybridized carbons (Fsp3) is 0.167. The number of carbonyl (C=O) groups is 1. The Kier molecular flexibility index (Phi) is 3.74. The van der Waals surface area contributed by atoms with E-state index in [-0.39, 0.29) is 17.2 Å². The molecule has 2 aromatic rings. The summed E-state index contributed by atoms with van der Waals surface area (Å²) in [5, 5.41) is 10.9. The lowest BCUT2D eigenvalue weighted by Gasteiger charge is -2.10. The number of imidazole rings is 1. The molecule has 0 radical (unpaired) electrons. The van der Waals surface area contributed by atoms with Gasteiger partial charge in [0.25, 0.3) is 5.69 Å². The van der Waals surface area contributed by atoms with Gasteiger partial charge in [-0.25, -0.2) is 9.78 Å². The van der Waals surface area contributed by atoms with Crippen molar-refractivity contribution >= 4 is 17.5 Å². The molecule has 2 N–H and O–H groups in total. The predicted molar refractivity (Wildman–Crippen MR) is 72.5 cm³/mol. The quantitative estimate of drug-likeness (QED) is 0.509. The third kappa shape index (κ3) is 2.48. The monoisotopic (exact) mass is 292 g/mol. The number of methoxy groups -OCH3 is 2. The number of anilines is 1. The average Bonchev–Trinajstić information content (AvgIpc) is 2.87. The molecule has 0 aliphatic heterocycles. The molecule has 0 aliphatic rings. The maximum atomic E-state index is 11.5. The van der Waals surface area contributed by atoms with E-state index in [1.165, 1.54) is 43.3 Å². The number of nitro benzene ring substituents is 1. The van der Waals surface area contributed by atoms with Gasteiger partial charge < -0.3 is 15.2 Å². The van der Waals surface area contributed by atoms with Gasteiger partial charge in [0.2, 0.25) is 0 Å². The van der Waals surface area contributed by atoms with Gasteiger partial charge in [0.15, 0.2) is 5.69 Å². The Morgan fingerprint density at radius 2 is 2.14 bits per heavy atom. The molecule has 9 nitrogen and oxygen atoms in total. The molecule has 0 aliphatic carbocycles. The van der Waals surface area contributed by atoms with Crippen molar-refractivity contribution in [1.29, 1.82) is 0 Å². The van der Waals surface area contributed by atoms with E-state index in [4.69, 9.17) is 10.5 Å². The molecule has 0 fully saturated rings. The van der Waals surface area contributed by atoms with Crippen LogP contribution in [0.2, 0.25) is 0 Å². The number of hydrogen-bond donors (Lipinski definition) is 1. The summed E-state index contributed by atoms with van der Waals surface area (Å²) in [5.41, 5.74) is 5.92. The maximum absolute atomic E-state index is 11.5. The van der Waals surface area contributed by atoms with Crippen molar-refractivity contribution in [3.63, 3.8) is 0 Å². The second-order valence-corrected chi connectivity index (χ2v) is 3.95. The standard InChI is InChI=1S/C12H12N4O5/c1-20-9-4-3-7(16(18)19)5-8(9)15-6-14-10(11(15)13)12(17)21-2/h3-6H,13H2,1-2H3. The van der Waals surface area contributed by atoms with E-state index >= 15 is 0 Å². The van der Waals surface area contributed by atoms with Gasteiger partial charge in [-0.3, -0.25) is 14.7 Å². The minimum Gasteiger partial charge on any atom is -0.495 e. The highest BCUT2D eigenvalue weighted by atomic mass is 16.6. The topological polar surface area (TPSA) is 123 Å². The van der Waals surface area contributed by atoms with Crippen LogP contribution in [0, 0.1) is 10.1 Å². The number of nitrogens with two attached hydrogens (primary N) is 1. The lowest BCUT2D eigenvalue weighted by Crippen LogP contribution is -2.08. The summed E-state index contributed by atoms with van der Waals surface area (Å²) < 4.78 is 11.0. The molecule has 1 heterocycles. The molecule has 21 heavy (non-hydrogen) atoms. The largest absolute Gasteiger partial charge is 0.495 e. The molecule has 0 unspecified atom stereocenters. The third-order valence-electron chi connectivity index (χ3n) is 2.82. The zero-order valence-electron chi connectivity index (χ0n) is 11.3. The van der Waals surface area contributed by atoms with Crippen LogP contribution < -0.4 is 10.5 Å². The number of rotatable bonds is 4. The normalized spacial score (nSPS) is 10.2. The van der Waals surface area contributed by atoms with Crippen LogP contribution in [0.25, 0.3) is 5.69 Å². The summed E-state index contributed by atoms with van der Waals surface area (Å²) in [6.45, 7) is 0. The summed E-state index contributed by atoms with van der Waals surface area (Å²) >= 11 is 0. The highest BCUT2D eigenvalue weighted by Gasteiger charge is 2.20. The molecule has 0 amide bonds. The Morgan fingerprint density at radius 1 is 1.43 bits per heavy atom. The number of non-ortho nitro benzene ring substituents is 1. The van der Waals surface area contributed by atoms with E-state index in [9.17, 15) is 14.9 Å². The van der Waals surface area contributed by atoms with Crippen LogP contribution >= 0.6 is 0 Å². The molecule has 9 heteroatoms. The lowest BCUT2D eigenvalue weighted by molar-refractivity contribution is -0.384. The Hall–Kier alpha value is -3.10. The minimum absolute atomic E-state index is 0.000600. The van der Waals surface area contributed by atoms with Crippen molar-refractivity contribution in [3.8, 4) is 11.4 Å². The van der Waals surface area contributed by atoms with Crippen molar-refractivity contribution in [2.45, 2.75) is 0 Å². The first-order valence-electron chi connectivity index (χ1n) is 5.73. The van der Waals surface area contributed by atoms with Crippen LogP contribution in [-0.2, 0) is 4.74 Å². The summed E-state index contributed by atoms with van der Waals surface area (Å²) in [6.07, 6.45) is 1.27. The van der Waals surface area contributed by atoms with E-state index < -0.39 is 10.9 Å². The number of nitrogens with zero attached hydrogens (tertiary/aromatic N) is 3. The number of benzene rings is 1. The van der Waals surface area contributed by atoms with Crippen LogP contribution in [0.5, 0.6) is 5.75 Å². The number of hydrogen-bond acceptors (Lipinski definition) is 7. The van der Waals surface area contributed by atoms with Crippen molar-refractivity contribution in [1.82, 2.24) is 9.55 Å². The van der Waals surface area contributed by atoms with Gasteiger partial charge in [-0.05, 0) is 6.07 Å². The summed E-state index contributed by atoms with van der Waals surface area (Å²) in [6, 6.07) is 4.01. The molecule has 0 atom stereocenters. The molecule has 0 spiro atoms. The van der Waals surface area contributed by atoms with E-state index in [0.29, 0.717) is 11.4 Å². The first-order chi connectivity index (χ1) is 9.99. The molecular formula is C12H12N4O5. The average molecular weight is 292 g/mol. The van der Waals surface area contributed by atoms with Gasteiger partial charge in [0.05, 0.1) is 24.8 Å². The summed E-state index contributed by atoms with van der Waals surface area (Å²) in [7, 11) is 2.62. The van der Waals surface area contributed by atoms with E-state index in [1.807, 2.05) is 0 Å². The van der Waals surface area contributed by atoms with Crippen LogP contribution in [0.1, 0.15) is 10.5 Å². The Balaban J connectivity index is 2.60. The summed E-state index contributed by atoms with van der Waals surface area (Å²) in [4.78, 5) is 25.7. The second kappa shape index (κ2) is 5.49. The number of carbonyl (C=O) groups excluding carboxylic acids is 1. The number of nitrogen functional groups attached to an aromatic ring is 1. The van der Waals surface area contributed by atoms with Crippen molar-refractivity contribution < 1.29 is 19.2 Å². The van der Waals surface area contributed by atoms with Crippen molar-refractivity contribution in [2.75, 3.05) is 20.0 Å². The van der Waals surface area contributed by atoms with E-state index in [2.05, 4.69) is 9.72 Å². The molecule has 0 saturated heterocycles. The highest BCUT2D eigenvalue weighted by Crippen LogP contribution is 2.30. The number of ether oxygens (including phenoxy) is 2. The third-order valence-corrected chi connectivity index (χ3v) is 2.82. The Morgan fingerprint density at radius 3 is 2.71 bits per heavy atom. The number of aromatic nitrogens is 2. The molecule has 1 aromatic heterocycles. The Labute approximate surface area is 119 Å². The first-order valence-corrected chi connectivity index (χ1v) is 5.73. The molecule has 1 aromatic carbocycles. The molecule has 110 valence electrons. The zero-order chi connectivity index (χ0) is 15.6. The maximum Gasteiger partial charge on any atom is 0.360 e. The summed E-state index contributed by atoms with van der Waals surface area (Å²) in [5.74, 6) is -0.350. The first kappa shape index (κ1) is 14.3. The minimum atomic E-state index is -0.698. The van der Waals surface area contributed by atoms with Gasteiger partial charge in [-0.15, -0.1) is 0 Å². The smallest absolute Gasteiger partial charge is 0.360 e. The van der Waals surface area contributed by atoms with Gasteiger partial charge >= 0.3 is 5.97 Å². The molecule has 0 saturated carbocycles. The van der Waals surface area contributed by atoms with E-state index in [1.54, 1.807) is 0 Å². The Bertz CT molecular complexity index is 710. The van der Waals surface area contributed by atoms with Crippen LogP contribution in [0.15, 0.2) is 24.5 Å². The van der Waals surface area contributed by atoms with Gasteiger partial charge in [-0.1, -0.05) is 0 Å².